The Balaban J connectivity index is 2.24. The molecule has 0 amide bonds. The second-order valence-electron chi connectivity index (χ2n) is 3.27. The number of pyridine rings is 1. The van der Waals surface area contributed by atoms with Crippen LogP contribution in [0.2, 0.25) is 0 Å². The molecule has 0 aliphatic carbocycles. The summed E-state index contributed by atoms with van der Waals surface area (Å²) in [6.45, 7) is 0.786. The van der Waals surface area contributed by atoms with Crippen molar-refractivity contribution in [1.82, 2.24) is 14.5 Å². The fourth-order valence-electron chi connectivity index (χ4n) is 1.77. The van der Waals surface area contributed by atoms with E-state index in [1.807, 2.05) is 10.6 Å². The highest BCUT2D eigenvalue weighted by Gasteiger charge is 2.20. The van der Waals surface area contributed by atoms with Crippen LogP contribution in [0.3, 0.4) is 0 Å². The summed E-state index contributed by atoms with van der Waals surface area (Å²) >= 11 is 0. The zero-order chi connectivity index (χ0) is 9.54. The number of aromatic nitrogens is 3. The molecule has 4 nitrogen and oxygen atoms in total. The standard InChI is InChI=1S/C10H7N3O/c14-6-8-5-13-4-7-1-2-11-3-9(7)10(13)12-8/h1-3,5-6H,4H2. The molecule has 68 valence electrons. The van der Waals surface area contributed by atoms with Crippen LogP contribution in [-0.4, -0.2) is 20.8 Å². The molecule has 0 atom stereocenters. The van der Waals surface area contributed by atoms with Crippen molar-refractivity contribution in [2.24, 2.45) is 0 Å². The summed E-state index contributed by atoms with van der Waals surface area (Å²) in [7, 11) is 0. The topological polar surface area (TPSA) is 47.8 Å². The van der Waals surface area contributed by atoms with Gasteiger partial charge in [-0.25, -0.2) is 4.98 Å². The van der Waals surface area contributed by atoms with Gasteiger partial charge in [-0.2, -0.15) is 0 Å². The van der Waals surface area contributed by atoms with Crippen LogP contribution >= 0.6 is 0 Å². The molecule has 0 aromatic carbocycles. The largest absolute Gasteiger partial charge is 0.326 e. The lowest BCUT2D eigenvalue weighted by Gasteiger charge is -1.93. The SMILES string of the molecule is O=Cc1cn2c(n1)-c1cnccc1C2. The van der Waals surface area contributed by atoms with Gasteiger partial charge >= 0.3 is 0 Å². The molecule has 2 aromatic rings. The summed E-state index contributed by atoms with van der Waals surface area (Å²) < 4.78 is 1.97. The maximum atomic E-state index is 10.5. The highest BCUT2D eigenvalue weighted by atomic mass is 16.1. The van der Waals surface area contributed by atoms with Gasteiger partial charge in [-0.1, -0.05) is 0 Å². The van der Waals surface area contributed by atoms with Gasteiger partial charge < -0.3 is 4.57 Å². The van der Waals surface area contributed by atoms with Gasteiger partial charge in [0.25, 0.3) is 0 Å². The summed E-state index contributed by atoms with van der Waals surface area (Å²) in [6.07, 6.45) is 6.09. The van der Waals surface area contributed by atoms with E-state index >= 15 is 0 Å². The molecule has 0 saturated carbocycles. The molecule has 14 heavy (non-hydrogen) atoms. The predicted octanol–water partition coefficient (Wildman–Crippen LogP) is 1.12. The summed E-state index contributed by atoms with van der Waals surface area (Å²) in [4.78, 5) is 18.8. The summed E-state index contributed by atoms with van der Waals surface area (Å²) in [5.74, 6) is 0.843. The fraction of sp³-hybridized carbons (Fsp3) is 0.100. The minimum absolute atomic E-state index is 0.481. The van der Waals surface area contributed by atoms with Crippen molar-refractivity contribution >= 4 is 6.29 Å². The maximum absolute atomic E-state index is 10.5. The summed E-state index contributed by atoms with van der Waals surface area (Å²) in [5.41, 5.74) is 2.72. The monoisotopic (exact) mass is 185 g/mol. The van der Waals surface area contributed by atoms with Crippen LogP contribution in [0.25, 0.3) is 11.4 Å². The molecule has 0 bridgehead atoms. The molecule has 0 spiro atoms. The van der Waals surface area contributed by atoms with Gasteiger partial charge in [0.2, 0.25) is 0 Å². The quantitative estimate of drug-likeness (QED) is 0.534. The Morgan fingerprint density at radius 1 is 1.50 bits per heavy atom. The molecule has 3 rings (SSSR count). The molecule has 0 radical (unpaired) electrons. The van der Waals surface area contributed by atoms with E-state index in [0.29, 0.717) is 5.69 Å². The number of hydrogen-bond acceptors (Lipinski definition) is 3. The molecule has 3 heterocycles. The number of carbonyl (C=O) groups excluding carboxylic acids is 1. The Bertz CT molecular complexity index is 516. The van der Waals surface area contributed by atoms with Crippen molar-refractivity contribution in [1.29, 1.82) is 0 Å². The van der Waals surface area contributed by atoms with Gasteiger partial charge in [-0.15, -0.1) is 0 Å². The number of carbonyl (C=O) groups is 1. The van der Waals surface area contributed by atoms with E-state index < -0.39 is 0 Å². The maximum Gasteiger partial charge on any atom is 0.170 e. The zero-order valence-electron chi connectivity index (χ0n) is 7.34. The van der Waals surface area contributed by atoms with Crippen molar-refractivity contribution in [3.05, 3.63) is 35.9 Å². The van der Waals surface area contributed by atoms with Gasteiger partial charge in [-0.3, -0.25) is 9.78 Å². The number of rotatable bonds is 1. The van der Waals surface area contributed by atoms with Crippen molar-refractivity contribution in [3.63, 3.8) is 0 Å². The lowest BCUT2D eigenvalue weighted by atomic mass is 10.2. The van der Waals surface area contributed by atoms with E-state index in [9.17, 15) is 4.79 Å². The third kappa shape index (κ3) is 0.849. The molecule has 1 aliphatic heterocycles. The van der Waals surface area contributed by atoms with Crippen LogP contribution in [0.5, 0.6) is 0 Å². The van der Waals surface area contributed by atoms with E-state index in [1.54, 1.807) is 18.6 Å². The second kappa shape index (κ2) is 2.51. The first-order valence-electron chi connectivity index (χ1n) is 4.34. The Hall–Kier alpha value is -1.97. The number of hydrogen-bond donors (Lipinski definition) is 0. The molecule has 0 fully saturated rings. The average Bonchev–Trinajstić information content (AvgIpc) is 2.73. The van der Waals surface area contributed by atoms with Crippen LogP contribution in [0.4, 0.5) is 0 Å². The van der Waals surface area contributed by atoms with Gasteiger partial charge in [0.1, 0.15) is 11.5 Å². The first-order valence-corrected chi connectivity index (χ1v) is 4.34. The Morgan fingerprint density at radius 2 is 2.43 bits per heavy atom. The van der Waals surface area contributed by atoms with Crippen molar-refractivity contribution in [2.75, 3.05) is 0 Å². The van der Waals surface area contributed by atoms with Gasteiger partial charge in [0.15, 0.2) is 6.29 Å². The van der Waals surface area contributed by atoms with Gasteiger partial charge in [0.05, 0.1) is 0 Å². The molecule has 0 unspecified atom stereocenters. The van der Waals surface area contributed by atoms with Crippen LogP contribution in [0, 0.1) is 0 Å². The smallest absolute Gasteiger partial charge is 0.170 e. The summed E-state index contributed by atoms with van der Waals surface area (Å²) in [6, 6.07) is 1.98. The minimum Gasteiger partial charge on any atom is -0.326 e. The Labute approximate surface area is 80.2 Å². The van der Waals surface area contributed by atoms with Crippen molar-refractivity contribution in [3.8, 4) is 11.4 Å². The van der Waals surface area contributed by atoms with Crippen molar-refractivity contribution in [2.45, 2.75) is 6.54 Å². The van der Waals surface area contributed by atoms with Crippen LogP contribution in [0.15, 0.2) is 24.7 Å². The summed E-state index contributed by atoms with van der Waals surface area (Å²) in [5, 5.41) is 0. The van der Waals surface area contributed by atoms with E-state index in [4.69, 9.17) is 0 Å². The first-order chi connectivity index (χ1) is 6.88. The van der Waals surface area contributed by atoms with Crippen LogP contribution in [0.1, 0.15) is 16.1 Å². The van der Waals surface area contributed by atoms with Gasteiger partial charge in [0, 0.05) is 30.7 Å². The lowest BCUT2D eigenvalue weighted by Crippen LogP contribution is -1.89. The minimum atomic E-state index is 0.481. The predicted molar refractivity (Wildman–Crippen MR) is 49.9 cm³/mol. The molecule has 2 aromatic heterocycles. The lowest BCUT2D eigenvalue weighted by molar-refractivity contribution is 0.111. The Kier molecular flexibility index (Phi) is 1.33. The van der Waals surface area contributed by atoms with E-state index in [-0.39, 0.29) is 0 Å². The molecule has 0 N–H and O–H groups in total. The second-order valence-corrected chi connectivity index (χ2v) is 3.27. The van der Waals surface area contributed by atoms with Gasteiger partial charge in [-0.05, 0) is 11.6 Å². The fourth-order valence-corrected chi connectivity index (χ4v) is 1.77. The van der Waals surface area contributed by atoms with Crippen molar-refractivity contribution < 1.29 is 4.79 Å². The third-order valence-electron chi connectivity index (χ3n) is 2.41. The Morgan fingerprint density at radius 3 is 3.29 bits per heavy atom. The highest BCUT2D eigenvalue weighted by molar-refractivity contribution is 5.75. The zero-order valence-corrected chi connectivity index (χ0v) is 7.34. The number of fused-ring (bicyclic) bond motifs is 3. The molecular weight excluding hydrogens is 178 g/mol. The molecule has 1 aliphatic rings. The molecule has 4 heteroatoms. The average molecular weight is 185 g/mol. The molecular formula is C10H7N3O. The normalized spacial score (nSPS) is 12.3. The van der Waals surface area contributed by atoms with E-state index in [2.05, 4.69) is 9.97 Å². The van der Waals surface area contributed by atoms with Crippen LogP contribution in [-0.2, 0) is 6.54 Å². The third-order valence-corrected chi connectivity index (χ3v) is 2.41. The first kappa shape index (κ1) is 7.44. The number of nitrogens with zero attached hydrogens (tertiary/aromatic N) is 3. The van der Waals surface area contributed by atoms with E-state index in [1.165, 1.54) is 5.56 Å². The molecule has 0 saturated heterocycles. The highest BCUT2D eigenvalue weighted by Crippen LogP contribution is 2.29. The van der Waals surface area contributed by atoms with E-state index in [0.717, 1.165) is 24.2 Å². The number of aldehydes is 1. The number of imidazole rings is 1. The van der Waals surface area contributed by atoms with Crippen LogP contribution < -0.4 is 0 Å².